The number of rotatable bonds is 8. The molecule has 2 saturated heterocycles. The number of carbonyl (C=O) groups excluding carboxylic acids is 4. The minimum absolute atomic E-state index is 0.00468. The van der Waals surface area contributed by atoms with E-state index in [0.29, 0.717) is 23.1 Å². The molecule has 2 aliphatic rings. The molecule has 0 radical (unpaired) electrons. The lowest BCUT2D eigenvalue weighted by molar-refractivity contribution is -0.138. The fraction of sp³-hybridized carbons (Fsp3) is 0.370. The molecule has 13 heteroatoms. The summed E-state index contributed by atoms with van der Waals surface area (Å²) in [5, 5.41) is 2.17. The zero-order chi connectivity index (χ0) is 28.6. The van der Waals surface area contributed by atoms with Gasteiger partial charge in [0.1, 0.15) is 17.8 Å². The topological polar surface area (TPSA) is 156 Å². The molecular weight excluding hydrogens is 540 g/mol. The largest absolute Gasteiger partial charge is 0.493 e. The van der Waals surface area contributed by atoms with Crippen LogP contribution in [0.3, 0.4) is 0 Å². The number of amides is 2. The lowest BCUT2D eigenvalue weighted by Crippen LogP contribution is -2.52. The molecule has 40 heavy (non-hydrogen) atoms. The second kappa shape index (κ2) is 10.8. The molecule has 0 aliphatic carbocycles. The Morgan fingerprint density at radius 3 is 2.70 bits per heavy atom. The highest BCUT2D eigenvalue weighted by Gasteiger charge is 2.55. The number of hydrogen-bond donors (Lipinski definition) is 1. The molecule has 4 heterocycles. The van der Waals surface area contributed by atoms with Gasteiger partial charge in [0.25, 0.3) is 15.9 Å². The van der Waals surface area contributed by atoms with E-state index in [1.54, 1.807) is 30.3 Å². The third kappa shape index (κ3) is 4.75. The Morgan fingerprint density at radius 2 is 2.00 bits per heavy atom. The maximum atomic E-state index is 13.6. The van der Waals surface area contributed by atoms with Gasteiger partial charge in [-0.05, 0) is 37.1 Å². The Labute approximate surface area is 230 Å². The fourth-order valence-electron chi connectivity index (χ4n) is 5.35. The summed E-state index contributed by atoms with van der Waals surface area (Å²) in [6.07, 6.45) is 2.32. The molecule has 5 rings (SSSR count). The van der Waals surface area contributed by atoms with Gasteiger partial charge in [-0.25, -0.2) is 8.42 Å². The summed E-state index contributed by atoms with van der Waals surface area (Å²) < 4.78 is 38.2. The SMILES string of the molecule is CCCC(NC(=O)c1cc2cccc(OC)c2o1)C(=O)N1CCC2C1C(=O)CN2S(=O)(=O)C(=O)c1ccccn1. The molecule has 3 unspecified atom stereocenters. The summed E-state index contributed by atoms with van der Waals surface area (Å²) >= 11 is 0. The van der Waals surface area contributed by atoms with Crippen molar-refractivity contribution in [1.82, 2.24) is 19.5 Å². The van der Waals surface area contributed by atoms with Crippen molar-refractivity contribution in [2.75, 3.05) is 20.2 Å². The molecule has 0 saturated carbocycles. The number of methoxy groups -OCH3 is 1. The number of furan rings is 1. The molecule has 2 aliphatic heterocycles. The van der Waals surface area contributed by atoms with Crippen molar-refractivity contribution < 1.29 is 36.7 Å². The summed E-state index contributed by atoms with van der Waals surface area (Å²) in [4.78, 5) is 57.7. The van der Waals surface area contributed by atoms with Crippen molar-refractivity contribution in [3.63, 3.8) is 0 Å². The fourth-order valence-corrected chi connectivity index (χ4v) is 6.82. The molecule has 0 bridgehead atoms. The van der Waals surface area contributed by atoms with Gasteiger partial charge in [-0.2, -0.15) is 4.31 Å². The Balaban J connectivity index is 1.34. The Bertz CT molecular complexity index is 1590. The number of ether oxygens (including phenoxy) is 1. The smallest absolute Gasteiger partial charge is 0.310 e. The van der Waals surface area contributed by atoms with E-state index >= 15 is 0 Å². The summed E-state index contributed by atoms with van der Waals surface area (Å²) in [5.74, 6) is -1.14. The molecule has 2 amide bonds. The summed E-state index contributed by atoms with van der Waals surface area (Å²) in [5.41, 5.74) is 0.146. The van der Waals surface area contributed by atoms with Crippen LogP contribution in [0.25, 0.3) is 11.0 Å². The average Bonchev–Trinajstić information content (AvgIpc) is 3.67. The van der Waals surface area contributed by atoms with E-state index in [9.17, 15) is 27.6 Å². The van der Waals surface area contributed by atoms with Gasteiger partial charge in [-0.3, -0.25) is 24.2 Å². The first-order valence-corrected chi connectivity index (χ1v) is 14.3. The van der Waals surface area contributed by atoms with Crippen LogP contribution in [0.5, 0.6) is 5.75 Å². The predicted molar refractivity (Wildman–Crippen MR) is 142 cm³/mol. The second-order valence-electron chi connectivity index (χ2n) is 9.66. The zero-order valence-corrected chi connectivity index (χ0v) is 22.7. The number of fused-ring (bicyclic) bond motifs is 2. The Hall–Kier alpha value is -4.10. The van der Waals surface area contributed by atoms with Crippen LogP contribution in [0.2, 0.25) is 0 Å². The van der Waals surface area contributed by atoms with E-state index in [2.05, 4.69) is 10.3 Å². The Kier molecular flexibility index (Phi) is 7.43. The van der Waals surface area contributed by atoms with E-state index in [4.69, 9.17) is 9.15 Å². The van der Waals surface area contributed by atoms with Gasteiger partial charge in [-0.1, -0.05) is 31.5 Å². The molecule has 1 aromatic carbocycles. The van der Waals surface area contributed by atoms with E-state index in [1.165, 1.54) is 30.3 Å². The number of nitrogens with zero attached hydrogens (tertiary/aromatic N) is 3. The summed E-state index contributed by atoms with van der Waals surface area (Å²) in [6.45, 7) is 1.43. The average molecular weight is 569 g/mol. The number of hydrogen-bond acceptors (Lipinski definition) is 9. The van der Waals surface area contributed by atoms with Crippen molar-refractivity contribution in [2.45, 2.75) is 44.3 Å². The molecular formula is C27H28N4O8S. The van der Waals surface area contributed by atoms with E-state index < -0.39 is 57.4 Å². The minimum atomic E-state index is -4.55. The zero-order valence-electron chi connectivity index (χ0n) is 21.9. The number of benzene rings is 1. The van der Waals surface area contributed by atoms with Gasteiger partial charge >= 0.3 is 5.12 Å². The number of Topliss-reactive ketones (excluding diaryl/α,β-unsaturated/α-hetero) is 1. The highest BCUT2D eigenvalue weighted by Crippen LogP contribution is 2.33. The van der Waals surface area contributed by atoms with Crippen LogP contribution in [0.1, 0.15) is 47.2 Å². The first-order chi connectivity index (χ1) is 19.2. The highest BCUT2D eigenvalue weighted by atomic mass is 32.2. The van der Waals surface area contributed by atoms with Gasteiger partial charge < -0.3 is 19.4 Å². The molecule has 3 aromatic rings. The van der Waals surface area contributed by atoms with Crippen molar-refractivity contribution >= 4 is 43.7 Å². The first kappa shape index (κ1) is 27.5. The van der Waals surface area contributed by atoms with E-state index in [1.807, 2.05) is 6.92 Å². The van der Waals surface area contributed by atoms with Crippen LogP contribution in [0.15, 0.2) is 53.1 Å². The van der Waals surface area contributed by atoms with Crippen LogP contribution < -0.4 is 10.1 Å². The van der Waals surface area contributed by atoms with Gasteiger partial charge in [-0.15, -0.1) is 0 Å². The van der Waals surface area contributed by atoms with Gasteiger partial charge in [0.05, 0.1) is 19.7 Å². The molecule has 2 aromatic heterocycles. The minimum Gasteiger partial charge on any atom is -0.493 e. The maximum Gasteiger partial charge on any atom is 0.310 e. The third-order valence-electron chi connectivity index (χ3n) is 7.21. The van der Waals surface area contributed by atoms with Crippen LogP contribution in [0.4, 0.5) is 0 Å². The van der Waals surface area contributed by atoms with Crippen molar-refractivity contribution in [1.29, 1.82) is 0 Å². The number of aromatic nitrogens is 1. The standard InChI is InChI=1S/C27H28N4O8S/c1-3-7-17(29-25(33)22-14-16-8-6-10-21(38-2)24(16)39-22)26(34)30-13-11-19-23(30)20(32)15-31(19)40(36,37)27(35)18-9-4-5-12-28-18/h4-6,8-10,12,14,17,19,23H,3,7,11,13,15H2,1-2H3,(H,29,33). The van der Waals surface area contributed by atoms with Gasteiger partial charge in [0.2, 0.25) is 5.91 Å². The highest BCUT2D eigenvalue weighted by molar-refractivity contribution is 8.04. The maximum absolute atomic E-state index is 13.6. The number of nitrogens with one attached hydrogen (secondary N) is 1. The molecule has 12 nitrogen and oxygen atoms in total. The summed E-state index contributed by atoms with van der Waals surface area (Å²) in [7, 11) is -3.06. The van der Waals surface area contributed by atoms with Crippen LogP contribution in [-0.2, 0) is 19.6 Å². The number of sulfonamides is 1. The summed E-state index contributed by atoms with van der Waals surface area (Å²) in [6, 6.07) is 8.21. The third-order valence-corrected chi connectivity index (χ3v) is 8.91. The predicted octanol–water partition coefficient (Wildman–Crippen LogP) is 1.76. The van der Waals surface area contributed by atoms with Crippen LogP contribution in [0, 0.1) is 0 Å². The Morgan fingerprint density at radius 1 is 1.20 bits per heavy atom. The van der Waals surface area contributed by atoms with Crippen LogP contribution in [-0.4, -0.2) is 83.6 Å². The van der Waals surface area contributed by atoms with Crippen molar-refractivity contribution in [3.8, 4) is 5.75 Å². The van der Waals surface area contributed by atoms with Crippen molar-refractivity contribution in [2.24, 2.45) is 0 Å². The molecule has 1 N–H and O–H groups in total. The van der Waals surface area contributed by atoms with E-state index in [-0.39, 0.29) is 30.8 Å². The molecule has 3 atom stereocenters. The quantitative estimate of drug-likeness (QED) is 0.428. The normalized spacial score (nSPS) is 19.9. The lowest BCUT2D eigenvalue weighted by Gasteiger charge is -2.28. The molecule has 210 valence electrons. The van der Waals surface area contributed by atoms with Gasteiger partial charge in [0, 0.05) is 18.1 Å². The van der Waals surface area contributed by atoms with E-state index in [0.717, 1.165) is 4.31 Å². The molecule has 0 spiro atoms. The monoisotopic (exact) mass is 568 g/mol. The van der Waals surface area contributed by atoms with Gasteiger partial charge in [0.15, 0.2) is 22.9 Å². The van der Waals surface area contributed by atoms with Crippen molar-refractivity contribution in [3.05, 3.63) is 60.1 Å². The second-order valence-corrected chi connectivity index (χ2v) is 11.4. The number of para-hydroxylation sites is 1. The lowest BCUT2D eigenvalue weighted by atomic mass is 10.1. The number of pyridine rings is 1. The molecule has 2 fully saturated rings. The number of likely N-dealkylation sites (tertiary alicyclic amines) is 1. The van der Waals surface area contributed by atoms with Crippen LogP contribution >= 0.6 is 0 Å². The number of ketones is 1. The first-order valence-electron chi connectivity index (χ1n) is 12.8. The number of carbonyl (C=O) groups is 4.